The Morgan fingerprint density at radius 1 is 0.338 bits per heavy atom. The summed E-state index contributed by atoms with van der Waals surface area (Å²) in [4.78, 5) is 38.0. The zero-order valence-electron chi connectivity index (χ0n) is 42.2. The van der Waals surface area contributed by atoms with Crippen LogP contribution in [0.1, 0.15) is 239 Å². The highest BCUT2D eigenvalue weighted by Gasteiger charge is 2.19. The van der Waals surface area contributed by atoms with E-state index in [0.717, 1.165) is 96.3 Å². The molecule has 0 saturated carbocycles. The SMILES string of the molecule is CC/C=C\C/C=C\C/C=C\C/C=C\C/C=C\CC(=O)OC(COC(=O)CCCCCCCC/C=C\C/C=C\C/C=C\CCCCC)COC(=O)CCCCCCCCCCCCCCC. The van der Waals surface area contributed by atoms with Gasteiger partial charge in [-0.1, -0.05) is 234 Å². The number of esters is 3. The summed E-state index contributed by atoms with van der Waals surface area (Å²) in [5.41, 5.74) is 0. The third-order valence-corrected chi connectivity index (χ3v) is 11.1. The van der Waals surface area contributed by atoms with E-state index in [9.17, 15) is 14.4 Å². The van der Waals surface area contributed by atoms with E-state index in [1.54, 1.807) is 6.08 Å². The summed E-state index contributed by atoms with van der Waals surface area (Å²) >= 11 is 0. The van der Waals surface area contributed by atoms with E-state index in [1.165, 1.54) is 103 Å². The number of carbonyl (C=O) groups is 3. The second kappa shape index (κ2) is 52.9. The predicted molar refractivity (Wildman–Crippen MR) is 279 cm³/mol. The van der Waals surface area contributed by atoms with Crippen molar-refractivity contribution in [2.24, 2.45) is 0 Å². The Morgan fingerprint density at radius 3 is 1.05 bits per heavy atom. The molecule has 0 radical (unpaired) electrons. The van der Waals surface area contributed by atoms with E-state index < -0.39 is 12.1 Å². The number of allylic oxidation sites excluding steroid dienone is 15. The van der Waals surface area contributed by atoms with Crippen LogP contribution in [-0.4, -0.2) is 37.2 Å². The molecule has 0 amide bonds. The van der Waals surface area contributed by atoms with Gasteiger partial charge in [-0.3, -0.25) is 14.4 Å². The highest BCUT2D eigenvalue weighted by Crippen LogP contribution is 2.14. The molecule has 6 nitrogen and oxygen atoms in total. The first-order valence-electron chi connectivity index (χ1n) is 26.7. The summed E-state index contributed by atoms with van der Waals surface area (Å²) in [5.74, 6) is -1.06. The summed E-state index contributed by atoms with van der Waals surface area (Å²) in [6, 6.07) is 0. The van der Waals surface area contributed by atoms with Gasteiger partial charge in [0.2, 0.25) is 0 Å². The lowest BCUT2D eigenvalue weighted by molar-refractivity contribution is -0.166. The lowest BCUT2D eigenvalue weighted by Crippen LogP contribution is -2.30. The smallest absolute Gasteiger partial charge is 0.310 e. The van der Waals surface area contributed by atoms with Crippen molar-refractivity contribution in [3.05, 3.63) is 97.2 Å². The Labute approximate surface area is 400 Å². The molecule has 0 aromatic heterocycles. The number of carbonyl (C=O) groups excluding carboxylic acids is 3. The van der Waals surface area contributed by atoms with Gasteiger partial charge in [-0.25, -0.2) is 0 Å². The third-order valence-electron chi connectivity index (χ3n) is 11.1. The molecule has 0 aromatic carbocycles. The summed E-state index contributed by atoms with van der Waals surface area (Å²) in [6.45, 7) is 6.40. The van der Waals surface area contributed by atoms with E-state index in [1.807, 2.05) is 6.08 Å². The van der Waals surface area contributed by atoms with Crippen molar-refractivity contribution in [3.8, 4) is 0 Å². The summed E-state index contributed by atoms with van der Waals surface area (Å²) in [6.07, 6.45) is 69.8. The zero-order chi connectivity index (χ0) is 47.2. The number of hydrogen-bond donors (Lipinski definition) is 0. The Hall–Kier alpha value is -3.67. The Morgan fingerprint density at radius 2 is 0.646 bits per heavy atom. The second-order valence-electron chi connectivity index (χ2n) is 17.4. The number of unbranched alkanes of at least 4 members (excludes halogenated alkanes) is 21. The van der Waals surface area contributed by atoms with Gasteiger partial charge in [-0.2, -0.15) is 0 Å². The maximum absolute atomic E-state index is 12.7. The van der Waals surface area contributed by atoms with Crippen LogP contribution in [-0.2, 0) is 28.6 Å². The van der Waals surface area contributed by atoms with Crippen LogP contribution in [0.5, 0.6) is 0 Å². The monoisotopic (exact) mass is 903 g/mol. The first-order valence-corrected chi connectivity index (χ1v) is 26.7. The average molecular weight is 903 g/mol. The molecule has 0 bridgehead atoms. The van der Waals surface area contributed by atoms with Crippen molar-refractivity contribution in [2.75, 3.05) is 13.2 Å². The van der Waals surface area contributed by atoms with Crippen LogP contribution in [0.25, 0.3) is 0 Å². The second-order valence-corrected chi connectivity index (χ2v) is 17.4. The molecule has 0 aliphatic rings. The molecule has 0 aromatic rings. The van der Waals surface area contributed by atoms with Crippen LogP contribution in [0.2, 0.25) is 0 Å². The van der Waals surface area contributed by atoms with Gasteiger partial charge in [-0.05, 0) is 83.5 Å². The van der Waals surface area contributed by atoms with Crippen molar-refractivity contribution in [1.82, 2.24) is 0 Å². The van der Waals surface area contributed by atoms with Crippen LogP contribution in [0.3, 0.4) is 0 Å². The molecule has 0 fully saturated rings. The summed E-state index contributed by atoms with van der Waals surface area (Å²) in [5, 5.41) is 0. The number of ether oxygens (including phenoxy) is 3. The van der Waals surface area contributed by atoms with E-state index in [2.05, 4.69) is 106 Å². The van der Waals surface area contributed by atoms with Crippen LogP contribution in [0, 0.1) is 0 Å². The maximum atomic E-state index is 12.7. The van der Waals surface area contributed by atoms with Crippen LogP contribution in [0.4, 0.5) is 0 Å². The number of hydrogen-bond acceptors (Lipinski definition) is 6. The summed E-state index contributed by atoms with van der Waals surface area (Å²) in [7, 11) is 0. The molecule has 0 aliphatic heterocycles. The third kappa shape index (κ3) is 51.2. The van der Waals surface area contributed by atoms with Crippen LogP contribution in [0.15, 0.2) is 97.2 Å². The molecule has 0 spiro atoms. The van der Waals surface area contributed by atoms with Crippen LogP contribution < -0.4 is 0 Å². The number of rotatable bonds is 47. The molecular weight excluding hydrogens is 805 g/mol. The summed E-state index contributed by atoms with van der Waals surface area (Å²) < 4.78 is 16.7. The Bertz CT molecular complexity index is 1310. The van der Waals surface area contributed by atoms with Gasteiger partial charge in [0.1, 0.15) is 13.2 Å². The van der Waals surface area contributed by atoms with E-state index in [0.29, 0.717) is 12.8 Å². The highest BCUT2D eigenvalue weighted by atomic mass is 16.6. The Balaban J connectivity index is 4.50. The van der Waals surface area contributed by atoms with E-state index in [-0.39, 0.29) is 31.6 Å². The zero-order valence-corrected chi connectivity index (χ0v) is 42.2. The van der Waals surface area contributed by atoms with Gasteiger partial charge >= 0.3 is 17.9 Å². The predicted octanol–water partition coefficient (Wildman–Crippen LogP) is 17.8. The molecule has 65 heavy (non-hydrogen) atoms. The van der Waals surface area contributed by atoms with Gasteiger partial charge in [-0.15, -0.1) is 0 Å². The molecule has 0 aliphatic carbocycles. The minimum absolute atomic E-state index is 0.0931. The van der Waals surface area contributed by atoms with Gasteiger partial charge < -0.3 is 14.2 Å². The van der Waals surface area contributed by atoms with Crippen molar-refractivity contribution in [2.45, 2.75) is 245 Å². The lowest BCUT2D eigenvalue weighted by atomic mass is 10.0. The van der Waals surface area contributed by atoms with Gasteiger partial charge in [0.15, 0.2) is 6.10 Å². The van der Waals surface area contributed by atoms with Crippen molar-refractivity contribution < 1.29 is 28.6 Å². The van der Waals surface area contributed by atoms with Gasteiger partial charge in [0.05, 0.1) is 6.42 Å². The molecular formula is C59H98O6. The standard InChI is InChI=1S/C59H98O6/c1-4-7-10-13-16-19-22-25-27-28-29-30-32-34-37-40-43-46-49-52-58(61)64-55-56(54-63-57(60)51-48-45-42-39-36-33-24-21-18-15-12-9-6-3)65-59(62)53-50-47-44-41-38-35-31-26-23-20-17-14-11-8-5-2/h8,11,16-17,19-20,25-27,29-31,38,41,47,50,56H,4-7,9-10,12-15,18,21-24,28,32-37,39-40,42-46,48-49,51-55H2,1-3H3/b11-8-,19-16-,20-17-,27-25-,30-29-,31-26-,41-38-,50-47-. The van der Waals surface area contributed by atoms with Crippen LogP contribution >= 0.6 is 0 Å². The van der Waals surface area contributed by atoms with E-state index >= 15 is 0 Å². The Kier molecular flexibility index (Phi) is 50.0. The molecule has 0 saturated heterocycles. The normalized spacial score (nSPS) is 12.8. The van der Waals surface area contributed by atoms with Crippen molar-refractivity contribution in [1.29, 1.82) is 0 Å². The fourth-order valence-corrected chi connectivity index (χ4v) is 7.11. The average Bonchev–Trinajstić information content (AvgIpc) is 3.30. The lowest BCUT2D eigenvalue weighted by Gasteiger charge is -2.18. The minimum atomic E-state index is -0.836. The molecule has 0 heterocycles. The molecule has 0 N–H and O–H groups in total. The van der Waals surface area contributed by atoms with E-state index in [4.69, 9.17) is 14.2 Å². The van der Waals surface area contributed by atoms with Gasteiger partial charge in [0, 0.05) is 12.8 Å². The van der Waals surface area contributed by atoms with Gasteiger partial charge in [0.25, 0.3) is 0 Å². The van der Waals surface area contributed by atoms with Crippen molar-refractivity contribution >= 4 is 17.9 Å². The first-order chi connectivity index (χ1) is 32.0. The van der Waals surface area contributed by atoms with Crippen molar-refractivity contribution in [3.63, 3.8) is 0 Å². The quantitative estimate of drug-likeness (QED) is 0.0262. The topological polar surface area (TPSA) is 78.9 Å². The largest absolute Gasteiger partial charge is 0.462 e. The highest BCUT2D eigenvalue weighted by molar-refractivity contribution is 5.72. The fraction of sp³-hybridized carbons (Fsp3) is 0.678. The minimum Gasteiger partial charge on any atom is -0.462 e. The fourth-order valence-electron chi connectivity index (χ4n) is 7.11. The molecule has 370 valence electrons. The molecule has 6 heteroatoms. The first kappa shape index (κ1) is 61.3. The molecule has 1 atom stereocenters. The molecule has 0 rings (SSSR count). The maximum Gasteiger partial charge on any atom is 0.310 e. The molecule has 1 unspecified atom stereocenters.